The van der Waals surface area contributed by atoms with E-state index in [2.05, 4.69) is 10.5 Å². The van der Waals surface area contributed by atoms with E-state index >= 15 is 0 Å². The van der Waals surface area contributed by atoms with Gasteiger partial charge in [0, 0.05) is 6.04 Å². The summed E-state index contributed by atoms with van der Waals surface area (Å²) >= 11 is 0. The van der Waals surface area contributed by atoms with Crippen molar-refractivity contribution in [2.75, 3.05) is 0 Å². The summed E-state index contributed by atoms with van der Waals surface area (Å²) in [5, 5.41) is 6.49. The van der Waals surface area contributed by atoms with E-state index in [-0.39, 0.29) is 23.3 Å². The highest BCUT2D eigenvalue weighted by Crippen LogP contribution is 2.23. The lowest BCUT2D eigenvalue weighted by atomic mass is 10.0. The second-order valence-electron chi connectivity index (χ2n) is 4.54. The zero-order chi connectivity index (χ0) is 12.6. The Hall–Kier alpha value is -1.85. The monoisotopic (exact) mass is 237 g/mol. The standard InChI is InChI=1S/C11H15N3O3/c1-5(2)8-7(10(12)15)9(17-14-8)11(16)13-6-3-4-6/h5-6H,3-4H2,1-2H3,(H2,12,15)(H,13,16). The number of nitrogens with two attached hydrogens (primary N) is 1. The van der Waals surface area contributed by atoms with E-state index in [1.54, 1.807) is 0 Å². The summed E-state index contributed by atoms with van der Waals surface area (Å²) in [7, 11) is 0. The lowest BCUT2D eigenvalue weighted by Gasteiger charge is -2.02. The molecule has 92 valence electrons. The molecule has 0 atom stereocenters. The van der Waals surface area contributed by atoms with Crippen LogP contribution < -0.4 is 11.1 Å². The zero-order valence-electron chi connectivity index (χ0n) is 9.82. The maximum Gasteiger partial charge on any atom is 0.290 e. The number of nitrogens with zero attached hydrogens (tertiary/aromatic N) is 1. The van der Waals surface area contributed by atoms with Crippen LogP contribution in [0.25, 0.3) is 0 Å². The highest BCUT2D eigenvalue weighted by atomic mass is 16.5. The molecule has 0 radical (unpaired) electrons. The van der Waals surface area contributed by atoms with Gasteiger partial charge in [-0.05, 0) is 18.8 Å². The number of hydrogen-bond acceptors (Lipinski definition) is 4. The predicted molar refractivity (Wildman–Crippen MR) is 59.6 cm³/mol. The second-order valence-corrected chi connectivity index (χ2v) is 4.54. The quantitative estimate of drug-likeness (QED) is 0.808. The smallest absolute Gasteiger partial charge is 0.290 e. The molecule has 1 aliphatic carbocycles. The van der Waals surface area contributed by atoms with E-state index in [1.165, 1.54) is 0 Å². The molecule has 3 N–H and O–H groups in total. The molecule has 2 rings (SSSR count). The van der Waals surface area contributed by atoms with Crippen LogP contribution >= 0.6 is 0 Å². The van der Waals surface area contributed by atoms with Crippen molar-refractivity contribution in [3.05, 3.63) is 17.0 Å². The van der Waals surface area contributed by atoms with Crippen LogP contribution in [0.3, 0.4) is 0 Å². The Bertz CT molecular complexity index is 461. The van der Waals surface area contributed by atoms with Crippen molar-refractivity contribution in [2.45, 2.75) is 38.6 Å². The minimum Gasteiger partial charge on any atom is -0.365 e. The molecule has 1 aromatic rings. The number of aromatic nitrogens is 1. The van der Waals surface area contributed by atoms with Gasteiger partial charge >= 0.3 is 0 Å². The molecule has 1 saturated carbocycles. The van der Waals surface area contributed by atoms with Crippen LogP contribution in [0.4, 0.5) is 0 Å². The Kier molecular flexibility index (Phi) is 2.87. The molecule has 2 amide bonds. The van der Waals surface area contributed by atoms with Gasteiger partial charge in [-0.2, -0.15) is 0 Å². The second kappa shape index (κ2) is 4.20. The molecule has 0 unspecified atom stereocenters. The highest BCUT2D eigenvalue weighted by Gasteiger charge is 2.31. The van der Waals surface area contributed by atoms with Crippen LogP contribution in [0, 0.1) is 0 Å². The van der Waals surface area contributed by atoms with Crippen molar-refractivity contribution in [1.29, 1.82) is 0 Å². The Morgan fingerprint density at radius 3 is 2.59 bits per heavy atom. The van der Waals surface area contributed by atoms with Gasteiger partial charge in [-0.15, -0.1) is 0 Å². The topological polar surface area (TPSA) is 98.2 Å². The predicted octanol–water partition coefficient (Wildman–Crippen LogP) is 0.789. The highest BCUT2D eigenvalue weighted by molar-refractivity contribution is 6.05. The van der Waals surface area contributed by atoms with E-state index < -0.39 is 11.8 Å². The minimum absolute atomic E-state index is 0.0243. The van der Waals surface area contributed by atoms with E-state index in [0.29, 0.717) is 5.69 Å². The number of hydrogen-bond donors (Lipinski definition) is 2. The van der Waals surface area contributed by atoms with Gasteiger partial charge < -0.3 is 15.6 Å². The van der Waals surface area contributed by atoms with E-state index in [9.17, 15) is 9.59 Å². The summed E-state index contributed by atoms with van der Waals surface area (Å²) in [6.07, 6.45) is 1.92. The lowest BCUT2D eigenvalue weighted by Crippen LogP contribution is -2.28. The Morgan fingerprint density at radius 1 is 1.47 bits per heavy atom. The van der Waals surface area contributed by atoms with Crippen molar-refractivity contribution >= 4 is 11.8 Å². The summed E-state index contributed by atoms with van der Waals surface area (Å²) in [6, 6.07) is 0.191. The molecule has 17 heavy (non-hydrogen) atoms. The van der Waals surface area contributed by atoms with Crippen LogP contribution in [-0.2, 0) is 0 Å². The molecular weight excluding hydrogens is 222 g/mol. The summed E-state index contributed by atoms with van der Waals surface area (Å²) in [5.41, 5.74) is 5.79. The van der Waals surface area contributed by atoms with Crippen LogP contribution in [0.15, 0.2) is 4.52 Å². The molecule has 1 heterocycles. The average molecular weight is 237 g/mol. The molecule has 0 saturated heterocycles. The fourth-order valence-corrected chi connectivity index (χ4v) is 1.57. The molecule has 6 heteroatoms. The van der Waals surface area contributed by atoms with Gasteiger partial charge in [0.2, 0.25) is 5.76 Å². The van der Waals surface area contributed by atoms with E-state index in [4.69, 9.17) is 10.3 Å². The number of nitrogens with one attached hydrogen (secondary N) is 1. The van der Waals surface area contributed by atoms with E-state index in [0.717, 1.165) is 12.8 Å². The van der Waals surface area contributed by atoms with Crippen molar-refractivity contribution in [1.82, 2.24) is 10.5 Å². The van der Waals surface area contributed by atoms with Gasteiger partial charge in [-0.25, -0.2) is 0 Å². The third kappa shape index (κ3) is 2.30. The number of carbonyl (C=O) groups excluding carboxylic acids is 2. The average Bonchev–Trinajstić information content (AvgIpc) is 2.93. The van der Waals surface area contributed by atoms with Crippen molar-refractivity contribution in [2.24, 2.45) is 5.73 Å². The summed E-state index contributed by atoms with van der Waals surface area (Å²) in [5.74, 6) is -1.20. The first-order valence-corrected chi connectivity index (χ1v) is 5.61. The Balaban J connectivity index is 2.32. The van der Waals surface area contributed by atoms with Crippen LogP contribution in [0.1, 0.15) is 59.2 Å². The Morgan fingerprint density at radius 2 is 2.12 bits per heavy atom. The van der Waals surface area contributed by atoms with Crippen LogP contribution in [-0.4, -0.2) is 23.0 Å². The summed E-state index contributed by atoms with van der Waals surface area (Å²) in [6.45, 7) is 3.71. The molecule has 0 aliphatic heterocycles. The molecule has 1 aliphatic rings. The molecule has 1 fully saturated rings. The maximum atomic E-state index is 11.8. The maximum absolute atomic E-state index is 11.8. The van der Waals surface area contributed by atoms with Gasteiger partial charge in [-0.1, -0.05) is 19.0 Å². The molecule has 0 spiro atoms. The zero-order valence-corrected chi connectivity index (χ0v) is 9.82. The summed E-state index contributed by atoms with van der Waals surface area (Å²) < 4.78 is 4.95. The van der Waals surface area contributed by atoms with Crippen LogP contribution in [0.5, 0.6) is 0 Å². The number of amides is 2. The SMILES string of the molecule is CC(C)c1noc(C(=O)NC2CC2)c1C(N)=O. The summed E-state index contributed by atoms with van der Waals surface area (Å²) in [4.78, 5) is 23.2. The lowest BCUT2D eigenvalue weighted by molar-refractivity contribution is 0.0899. The third-order valence-electron chi connectivity index (χ3n) is 2.63. The van der Waals surface area contributed by atoms with Gasteiger partial charge in [0.25, 0.3) is 11.8 Å². The first kappa shape index (κ1) is 11.6. The largest absolute Gasteiger partial charge is 0.365 e. The fraction of sp³-hybridized carbons (Fsp3) is 0.545. The molecule has 0 bridgehead atoms. The van der Waals surface area contributed by atoms with Gasteiger partial charge in [0.1, 0.15) is 5.56 Å². The first-order chi connectivity index (χ1) is 8.00. The van der Waals surface area contributed by atoms with Crippen LogP contribution in [0.2, 0.25) is 0 Å². The number of rotatable bonds is 4. The van der Waals surface area contributed by atoms with Gasteiger partial charge in [-0.3, -0.25) is 9.59 Å². The molecule has 6 nitrogen and oxygen atoms in total. The molecular formula is C11H15N3O3. The minimum atomic E-state index is -0.684. The van der Waals surface area contributed by atoms with Gasteiger partial charge in [0.05, 0.1) is 5.69 Å². The van der Waals surface area contributed by atoms with Crippen molar-refractivity contribution < 1.29 is 14.1 Å². The fourth-order valence-electron chi connectivity index (χ4n) is 1.57. The van der Waals surface area contributed by atoms with Crippen molar-refractivity contribution in [3.8, 4) is 0 Å². The number of carbonyl (C=O) groups is 2. The number of primary amides is 1. The first-order valence-electron chi connectivity index (χ1n) is 5.61. The Labute approximate surface area is 98.5 Å². The van der Waals surface area contributed by atoms with Crippen molar-refractivity contribution in [3.63, 3.8) is 0 Å². The normalized spacial score (nSPS) is 15.0. The molecule has 0 aromatic carbocycles. The third-order valence-corrected chi connectivity index (χ3v) is 2.63. The van der Waals surface area contributed by atoms with E-state index in [1.807, 2.05) is 13.8 Å². The van der Waals surface area contributed by atoms with Gasteiger partial charge in [0.15, 0.2) is 0 Å². The molecule has 1 aromatic heterocycles.